The van der Waals surface area contributed by atoms with Crippen LogP contribution < -0.4 is 42.0 Å². The molecule has 7 heterocycles. The molecule has 6 aliphatic rings. The quantitative estimate of drug-likeness (QED) is 0.128. The van der Waals surface area contributed by atoms with Crippen LogP contribution in [0.4, 0.5) is 4.39 Å². The van der Waals surface area contributed by atoms with Gasteiger partial charge in [0.25, 0.3) is 0 Å². The number of benzene rings is 4. The van der Waals surface area contributed by atoms with E-state index in [4.69, 9.17) is 9.47 Å². The Balaban J connectivity index is 1.06. The monoisotopic (exact) mass is 1340 g/mol. The van der Waals surface area contributed by atoms with E-state index in [1.54, 1.807) is 67.7 Å². The van der Waals surface area contributed by atoms with Crippen molar-refractivity contribution in [3.8, 4) is 5.75 Å². The zero-order valence-electron chi connectivity index (χ0n) is 55.5. The van der Waals surface area contributed by atoms with Crippen LogP contribution in [-0.4, -0.2) is 178 Å². The second kappa shape index (κ2) is 32.7. The Kier molecular flexibility index (Phi) is 23.8. The van der Waals surface area contributed by atoms with Crippen LogP contribution in [0.15, 0.2) is 97.2 Å². The lowest BCUT2D eigenvalue weighted by Crippen LogP contribution is -2.64. The molecule has 6 aliphatic heterocycles. The zero-order valence-corrected chi connectivity index (χ0v) is 55.5. The van der Waals surface area contributed by atoms with Crippen molar-refractivity contribution in [1.82, 2.24) is 56.5 Å². The average molecular weight is 1340 g/mol. The number of aliphatic hydroxyl groups is 1. The van der Waals surface area contributed by atoms with Crippen LogP contribution >= 0.6 is 0 Å². The highest BCUT2D eigenvalue weighted by Crippen LogP contribution is 2.32. The molecule has 8 atom stereocenters. The molecule has 24 nitrogen and oxygen atoms in total. The summed E-state index contributed by atoms with van der Waals surface area (Å²) in [5, 5.41) is 31.7. The summed E-state index contributed by atoms with van der Waals surface area (Å²) in [4.78, 5) is 151. The van der Waals surface area contributed by atoms with E-state index in [9.17, 15) is 33.9 Å². The third-order valence-electron chi connectivity index (χ3n) is 19.3. The largest absolute Gasteiger partial charge is 0.497 e. The molecule has 8 N–H and O–H groups in total. The van der Waals surface area contributed by atoms with Crippen molar-refractivity contribution < 1.29 is 66.9 Å². The Morgan fingerprint density at radius 3 is 2.15 bits per heavy atom. The van der Waals surface area contributed by atoms with E-state index >= 15 is 23.6 Å². The summed E-state index contributed by atoms with van der Waals surface area (Å²) in [6, 6.07) is 18.2. The highest BCUT2D eigenvalue weighted by Gasteiger charge is 2.49. The number of hydrogen-bond donors (Lipinski definition) is 8. The number of nitrogens with one attached hydrogen (secondary N) is 7. The number of aromatic nitrogens is 1. The van der Waals surface area contributed by atoms with Gasteiger partial charge in [-0.25, -0.2) is 4.39 Å². The fourth-order valence-corrected chi connectivity index (χ4v) is 13.9. The maximum absolute atomic E-state index is 15.9. The molecule has 12 bridgehead atoms. The standard InChI is InChI=1S/C72H90FN11O13/c1-45(85)64-67(91)79-56(36-47-21-24-53(96-3)25-22-47)70(94)84-33-12-29-72(84,2)71(95)74-30-27-46-17-19-48(20-18-46)42-82-32-10-5-4-9-31-81-43-51(54-39-52(73)23-26-58(54)81)38-57-69(93)83-34-28-59(65(83)68(92)80-64)97-44-62(88)75-40-50-14-11-13-49(35-50)37-55(66(90)78-57)77-61(87)41-76-60(86)15-7-6-8-16-63(82)89/h11,13-14,17-26,35,39,43,45,55-57,59,64-65,85H,4-10,12,15-16,27-34,36-38,40-42,44H2,1-3H3,(H,74,95)(H,75,88)(H,76,86)(H,77,87)(H,78,90)(H,79,91)(H,80,92)/t45-,55+,56+,57+,59+,64+,65+,72+/m1/s1. The SMILES string of the molecule is COc1ccc(C[C@@H]2NC(=O)[C@H]([C@@H](C)O)NC(=O)[C@@H]3[C@@H]4CCN3C(=O)[C@@H]3Cc5cn(c6ccc(F)cc56)CCCCCCN(Cc5ccc(cc5)CCNC(=O)[C@]5(C)CCCN5C2=O)C(=O)CCCCCC(=O)NCC(=O)N[C@@H](Cc2cccc(c2)CNC(=O)CO4)C(=O)N3)cc1. The number of ether oxygens (including phenoxy) is 2. The predicted octanol–water partition coefficient (Wildman–Crippen LogP) is 3.48. The predicted molar refractivity (Wildman–Crippen MR) is 356 cm³/mol. The highest BCUT2D eigenvalue weighted by atomic mass is 19.1. The number of halogens is 1. The smallest absolute Gasteiger partial charge is 0.246 e. The Hall–Kier alpha value is -9.23. The molecule has 1 aromatic heterocycles. The molecule has 2 saturated heterocycles. The Morgan fingerprint density at radius 1 is 0.649 bits per heavy atom. The average Bonchev–Trinajstić information content (AvgIpc) is 1.69. The Morgan fingerprint density at radius 2 is 1.38 bits per heavy atom. The minimum atomic E-state index is -1.80. The maximum Gasteiger partial charge on any atom is 0.246 e. The number of amides is 10. The summed E-state index contributed by atoms with van der Waals surface area (Å²) >= 11 is 0. The minimum Gasteiger partial charge on any atom is -0.497 e. The molecule has 5 aromatic rings. The van der Waals surface area contributed by atoms with Gasteiger partial charge in [-0.1, -0.05) is 79.9 Å². The molecule has 0 saturated carbocycles. The molecule has 11 rings (SSSR count). The van der Waals surface area contributed by atoms with Crippen molar-refractivity contribution in [3.05, 3.63) is 136 Å². The number of carbonyl (C=O) groups excluding carboxylic acids is 10. The van der Waals surface area contributed by atoms with Gasteiger partial charge in [0.2, 0.25) is 59.1 Å². The number of hydrogen-bond acceptors (Lipinski definition) is 13. The zero-order chi connectivity index (χ0) is 68.8. The summed E-state index contributed by atoms with van der Waals surface area (Å²) < 4.78 is 29.2. The molecule has 0 aliphatic carbocycles. The first-order valence-corrected chi connectivity index (χ1v) is 34.0. The van der Waals surface area contributed by atoms with Gasteiger partial charge in [0.15, 0.2) is 0 Å². The molecule has 0 spiro atoms. The topological polar surface area (TPSA) is 308 Å². The van der Waals surface area contributed by atoms with Crippen LogP contribution in [0.5, 0.6) is 5.75 Å². The van der Waals surface area contributed by atoms with Crippen molar-refractivity contribution in [2.75, 3.05) is 46.4 Å². The van der Waals surface area contributed by atoms with Crippen LogP contribution in [-0.2, 0) is 98.0 Å². The first-order valence-electron chi connectivity index (χ1n) is 34.0. The first-order chi connectivity index (χ1) is 46.7. The van der Waals surface area contributed by atoms with Crippen LogP contribution in [0.25, 0.3) is 10.9 Å². The van der Waals surface area contributed by atoms with Crippen molar-refractivity contribution in [2.24, 2.45) is 0 Å². The number of aliphatic hydroxyl groups excluding tert-OH is 1. The van der Waals surface area contributed by atoms with E-state index in [0.717, 1.165) is 24.0 Å². The third-order valence-corrected chi connectivity index (χ3v) is 19.3. The van der Waals surface area contributed by atoms with E-state index in [0.29, 0.717) is 110 Å². The number of nitrogens with zero attached hydrogens (tertiary/aromatic N) is 4. The van der Waals surface area contributed by atoms with Crippen molar-refractivity contribution in [3.63, 3.8) is 0 Å². The van der Waals surface area contributed by atoms with Gasteiger partial charge in [0, 0.05) is 95.0 Å². The summed E-state index contributed by atoms with van der Waals surface area (Å²) in [6.07, 6.45) is 4.34. The van der Waals surface area contributed by atoms with Crippen LogP contribution in [0.1, 0.15) is 124 Å². The van der Waals surface area contributed by atoms with Gasteiger partial charge >= 0.3 is 0 Å². The molecular formula is C72H90FN11O13. The fraction of sp³-hybridized carbons (Fsp3) is 0.500. The van der Waals surface area contributed by atoms with Gasteiger partial charge in [0.05, 0.1) is 25.9 Å². The highest BCUT2D eigenvalue weighted by molar-refractivity contribution is 5.99. The van der Waals surface area contributed by atoms with Crippen molar-refractivity contribution in [2.45, 2.75) is 184 Å². The van der Waals surface area contributed by atoms with Gasteiger partial charge in [0.1, 0.15) is 53.9 Å². The van der Waals surface area contributed by atoms with E-state index in [1.807, 2.05) is 33.7 Å². The summed E-state index contributed by atoms with van der Waals surface area (Å²) in [6.45, 7) is 3.37. The number of fused-ring (bicyclic) bond motifs is 16. The Bertz CT molecular complexity index is 3690. The van der Waals surface area contributed by atoms with E-state index in [2.05, 4.69) is 37.2 Å². The van der Waals surface area contributed by atoms with Crippen LogP contribution in [0.2, 0.25) is 0 Å². The molecule has 97 heavy (non-hydrogen) atoms. The minimum absolute atomic E-state index is 0.00166. The molecule has 2 fully saturated rings. The molecule has 0 radical (unpaired) electrons. The first kappa shape index (κ1) is 70.6. The van der Waals surface area contributed by atoms with Gasteiger partial charge in [-0.15, -0.1) is 0 Å². The molecule has 518 valence electrons. The molecular weight excluding hydrogens is 1250 g/mol. The van der Waals surface area contributed by atoms with Crippen LogP contribution in [0, 0.1) is 5.82 Å². The number of rotatable bonds is 4. The molecule has 10 amide bonds. The summed E-state index contributed by atoms with van der Waals surface area (Å²) in [5.74, 6) is -6.45. The van der Waals surface area contributed by atoms with Crippen LogP contribution in [0.3, 0.4) is 0 Å². The second-order valence-corrected chi connectivity index (χ2v) is 26.4. The normalized spacial score (nSPS) is 25.3. The number of methoxy groups -OCH3 is 1. The number of carbonyl (C=O) groups is 10. The van der Waals surface area contributed by atoms with Gasteiger partial charge in [-0.2, -0.15) is 0 Å². The second-order valence-electron chi connectivity index (χ2n) is 26.4. The van der Waals surface area contributed by atoms with Gasteiger partial charge in [-0.05, 0) is 129 Å². The third kappa shape index (κ3) is 18.1. The fourth-order valence-electron chi connectivity index (χ4n) is 13.9. The molecule has 0 unspecified atom stereocenters. The lowest BCUT2D eigenvalue weighted by Gasteiger charge is -2.37. The lowest BCUT2D eigenvalue weighted by atomic mass is 9.95. The van der Waals surface area contributed by atoms with E-state index < -0.39 is 120 Å². The Labute approximate surface area is 563 Å². The van der Waals surface area contributed by atoms with Crippen molar-refractivity contribution >= 4 is 70.0 Å². The number of aryl methyl sites for hydroxylation is 1. The van der Waals surface area contributed by atoms with E-state index in [-0.39, 0.29) is 70.6 Å². The summed E-state index contributed by atoms with van der Waals surface area (Å²) in [7, 11) is 1.50. The molecule has 4 aromatic carbocycles. The van der Waals surface area contributed by atoms with Crippen molar-refractivity contribution in [1.29, 1.82) is 0 Å². The lowest BCUT2D eigenvalue weighted by molar-refractivity contribution is -0.148. The summed E-state index contributed by atoms with van der Waals surface area (Å²) in [5.41, 5.74) is 3.35. The van der Waals surface area contributed by atoms with Gasteiger partial charge in [-0.3, -0.25) is 47.9 Å². The maximum atomic E-state index is 15.9. The van der Waals surface area contributed by atoms with E-state index in [1.165, 1.54) is 36.0 Å². The van der Waals surface area contributed by atoms with Gasteiger partial charge < -0.3 is 71.1 Å². The molecule has 25 heteroatoms.